The SMILES string of the molecule is O=C(c1cc[nH]c(=O)c1)N1CCC[C@H]1Cn1cc(C2(O)CCOC2)nn1. The molecule has 1 unspecified atom stereocenters. The van der Waals surface area contributed by atoms with Crippen molar-refractivity contribution < 1.29 is 14.6 Å². The smallest absolute Gasteiger partial charge is 0.254 e. The molecule has 2 fully saturated rings. The molecule has 2 atom stereocenters. The quantitative estimate of drug-likeness (QED) is 0.787. The van der Waals surface area contributed by atoms with Gasteiger partial charge in [0.05, 0.1) is 25.4 Å². The van der Waals surface area contributed by atoms with Gasteiger partial charge in [0.2, 0.25) is 5.56 Å². The van der Waals surface area contributed by atoms with Gasteiger partial charge in [-0.2, -0.15) is 0 Å². The monoisotopic (exact) mass is 359 g/mol. The Hall–Kier alpha value is -2.52. The summed E-state index contributed by atoms with van der Waals surface area (Å²) < 4.78 is 6.92. The van der Waals surface area contributed by atoms with E-state index in [0.29, 0.717) is 37.4 Å². The number of H-pyrrole nitrogens is 1. The van der Waals surface area contributed by atoms with E-state index < -0.39 is 5.60 Å². The molecule has 2 N–H and O–H groups in total. The molecular weight excluding hydrogens is 338 g/mol. The van der Waals surface area contributed by atoms with Crippen molar-refractivity contribution >= 4 is 5.91 Å². The summed E-state index contributed by atoms with van der Waals surface area (Å²) in [6.45, 7) is 1.88. The van der Waals surface area contributed by atoms with Crippen LogP contribution in [0.1, 0.15) is 35.3 Å². The van der Waals surface area contributed by atoms with Gasteiger partial charge in [-0.05, 0) is 18.9 Å². The molecule has 9 heteroatoms. The lowest BCUT2D eigenvalue weighted by Gasteiger charge is -2.24. The molecule has 2 aromatic rings. The van der Waals surface area contributed by atoms with Gasteiger partial charge in [-0.25, -0.2) is 0 Å². The van der Waals surface area contributed by atoms with Crippen LogP contribution in [0.5, 0.6) is 0 Å². The first kappa shape index (κ1) is 16.9. The van der Waals surface area contributed by atoms with E-state index >= 15 is 0 Å². The first-order valence-electron chi connectivity index (χ1n) is 8.76. The second kappa shape index (κ2) is 6.65. The molecule has 2 aliphatic heterocycles. The molecule has 2 aliphatic rings. The molecule has 1 amide bonds. The minimum absolute atomic E-state index is 0.0224. The van der Waals surface area contributed by atoms with Crippen molar-refractivity contribution in [3.05, 3.63) is 46.1 Å². The van der Waals surface area contributed by atoms with Crippen LogP contribution in [-0.4, -0.2) is 61.7 Å². The second-order valence-electron chi connectivity index (χ2n) is 6.90. The highest BCUT2D eigenvalue weighted by atomic mass is 16.5. The molecule has 0 aliphatic carbocycles. The van der Waals surface area contributed by atoms with Gasteiger partial charge in [-0.1, -0.05) is 5.21 Å². The largest absolute Gasteiger partial charge is 0.381 e. The van der Waals surface area contributed by atoms with Crippen LogP contribution in [0, 0.1) is 0 Å². The molecule has 9 nitrogen and oxygen atoms in total. The Bertz CT molecular complexity index is 855. The molecule has 4 rings (SSSR count). The van der Waals surface area contributed by atoms with Gasteiger partial charge < -0.3 is 19.7 Å². The standard InChI is InChI=1S/C17H21N5O4/c23-15-8-12(3-5-18-15)16(24)22-6-1-2-13(22)9-21-10-14(19-20-21)17(25)4-7-26-11-17/h3,5,8,10,13,25H,1-2,4,6-7,9,11H2,(H,18,23)/t13-,17?/m0/s1. The number of rotatable bonds is 4. The van der Waals surface area contributed by atoms with Gasteiger partial charge in [-0.3, -0.25) is 14.3 Å². The third-order valence-corrected chi connectivity index (χ3v) is 5.07. The summed E-state index contributed by atoms with van der Waals surface area (Å²) in [6.07, 6.45) is 5.47. The maximum atomic E-state index is 12.7. The summed E-state index contributed by atoms with van der Waals surface area (Å²) in [5.41, 5.74) is -0.480. The first-order chi connectivity index (χ1) is 12.5. The lowest BCUT2D eigenvalue weighted by Crippen LogP contribution is -2.38. The highest BCUT2D eigenvalue weighted by molar-refractivity contribution is 5.94. The number of hydrogen-bond donors (Lipinski definition) is 2. The van der Waals surface area contributed by atoms with Crippen LogP contribution in [-0.2, 0) is 16.9 Å². The van der Waals surface area contributed by atoms with Gasteiger partial charge in [0.25, 0.3) is 5.91 Å². The Morgan fingerprint density at radius 3 is 3.15 bits per heavy atom. The highest BCUT2D eigenvalue weighted by Crippen LogP contribution is 2.28. The molecule has 0 radical (unpaired) electrons. The van der Waals surface area contributed by atoms with Crippen molar-refractivity contribution in [1.29, 1.82) is 0 Å². The molecule has 138 valence electrons. The van der Waals surface area contributed by atoms with Crippen LogP contribution < -0.4 is 5.56 Å². The minimum Gasteiger partial charge on any atom is -0.381 e. The number of carbonyl (C=O) groups is 1. The van der Waals surface area contributed by atoms with Crippen molar-refractivity contribution in [2.75, 3.05) is 19.8 Å². The van der Waals surface area contributed by atoms with Gasteiger partial charge in [0, 0.05) is 37.4 Å². The average molecular weight is 359 g/mol. The fourth-order valence-corrected chi connectivity index (χ4v) is 3.61. The van der Waals surface area contributed by atoms with Crippen molar-refractivity contribution in [2.24, 2.45) is 0 Å². The predicted octanol–water partition coefficient (Wildman–Crippen LogP) is -0.121. The van der Waals surface area contributed by atoms with E-state index in [-0.39, 0.29) is 24.1 Å². The first-order valence-corrected chi connectivity index (χ1v) is 8.76. The third-order valence-electron chi connectivity index (χ3n) is 5.07. The number of amides is 1. The van der Waals surface area contributed by atoms with E-state index in [2.05, 4.69) is 15.3 Å². The molecular formula is C17H21N5O4. The second-order valence-corrected chi connectivity index (χ2v) is 6.90. The predicted molar refractivity (Wildman–Crippen MR) is 90.5 cm³/mol. The molecule has 0 spiro atoms. The number of pyridine rings is 1. The van der Waals surface area contributed by atoms with E-state index in [1.807, 2.05) is 0 Å². The fraction of sp³-hybridized carbons (Fsp3) is 0.529. The zero-order valence-electron chi connectivity index (χ0n) is 14.3. The summed E-state index contributed by atoms with van der Waals surface area (Å²) in [6, 6.07) is 2.91. The summed E-state index contributed by atoms with van der Waals surface area (Å²) in [5, 5.41) is 18.7. The summed E-state index contributed by atoms with van der Waals surface area (Å²) in [4.78, 5) is 28.5. The van der Waals surface area contributed by atoms with Crippen LogP contribution in [0.4, 0.5) is 0 Å². The number of carbonyl (C=O) groups excluding carboxylic acids is 1. The number of hydrogen-bond acceptors (Lipinski definition) is 6. The van der Waals surface area contributed by atoms with E-state index in [0.717, 1.165) is 12.8 Å². The topological polar surface area (TPSA) is 113 Å². The van der Waals surface area contributed by atoms with Crippen molar-refractivity contribution in [2.45, 2.75) is 37.5 Å². The number of ether oxygens (including phenoxy) is 1. The zero-order valence-corrected chi connectivity index (χ0v) is 14.3. The minimum atomic E-state index is -1.07. The van der Waals surface area contributed by atoms with Crippen LogP contribution >= 0.6 is 0 Å². The van der Waals surface area contributed by atoms with Crippen LogP contribution in [0.25, 0.3) is 0 Å². The number of aromatic amines is 1. The van der Waals surface area contributed by atoms with E-state index in [4.69, 9.17) is 4.74 Å². The Morgan fingerprint density at radius 1 is 1.50 bits per heavy atom. The molecule has 2 saturated heterocycles. The van der Waals surface area contributed by atoms with Gasteiger partial charge in [-0.15, -0.1) is 5.10 Å². The molecule has 0 bridgehead atoms. The average Bonchev–Trinajstić information content (AvgIpc) is 3.36. The summed E-state index contributed by atoms with van der Waals surface area (Å²) in [5.74, 6) is -0.151. The Balaban J connectivity index is 1.48. The maximum absolute atomic E-state index is 12.7. The normalized spacial score (nSPS) is 25.7. The van der Waals surface area contributed by atoms with Gasteiger partial charge >= 0.3 is 0 Å². The molecule has 4 heterocycles. The number of aromatic nitrogens is 4. The maximum Gasteiger partial charge on any atom is 0.254 e. The fourth-order valence-electron chi connectivity index (χ4n) is 3.61. The van der Waals surface area contributed by atoms with Crippen LogP contribution in [0.3, 0.4) is 0 Å². The number of nitrogens with one attached hydrogen (secondary N) is 1. The Kier molecular flexibility index (Phi) is 4.33. The lowest BCUT2D eigenvalue weighted by atomic mass is 10.0. The molecule has 26 heavy (non-hydrogen) atoms. The van der Waals surface area contributed by atoms with Crippen molar-refractivity contribution in [3.63, 3.8) is 0 Å². The lowest BCUT2D eigenvalue weighted by molar-refractivity contribution is 0.0193. The van der Waals surface area contributed by atoms with Crippen molar-refractivity contribution in [1.82, 2.24) is 24.9 Å². The number of nitrogens with zero attached hydrogens (tertiary/aromatic N) is 4. The summed E-state index contributed by atoms with van der Waals surface area (Å²) >= 11 is 0. The van der Waals surface area contributed by atoms with E-state index in [9.17, 15) is 14.7 Å². The molecule has 0 saturated carbocycles. The number of aliphatic hydroxyl groups is 1. The zero-order chi connectivity index (χ0) is 18.1. The van der Waals surface area contributed by atoms with Crippen LogP contribution in [0.2, 0.25) is 0 Å². The van der Waals surface area contributed by atoms with Crippen molar-refractivity contribution in [3.8, 4) is 0 Å². The third kappa shape index (κ3) is 3.15. The van der Waals surface area contributed by atoms with Gasteiger partial charge in [0.15, 0.2) is 0 Å². The Morgan fingerprint density at radius 2 is 2.38 bits per heavy atom. The van der Waals surface area contributed by atoms with E-state index in [1.54, 1.807) is 21.8 Å². The molecule has 2 aromatic heterocycles. The molecule has 0 aromatic carbocycles. The van der Waals surface area contributed by atoms with Gasteiger partial charge in [0.1, 0.15) is 11.3 Å². The summed E-state index contributed by atoms with van der Waals surface area (Å²) in [7, 11) is 0. The van der Waals surface area contributed by atoms with Crippen LogP contribution in [0.15, 0.2) is 29.3 Å². The Labute approximate surface area is 149 Å². The number of likely N-dealkylation sites (tertiary alicyclic amines) is 1. The van der Waals surface area contributed by atoms with E-state index in [1.165, 1.54) is 12.3 Å². The highest BCUT2D eigenvalue weighted by Gasteiger charge is 2.37.